The molecule has 3 rings (SSSR count). The third-order valence-corrected chi connectivity index (χ3v) is 4.08. The van der Waals surface area contributed by atoms with Gasteiger partial charge in [-0.05, 0) is 43.3 Å². The molecule has 0 aliphatic heterocycles. The number of rotatable bonds is 4. The van der Waals surface area contributed by atoms with Crippen molar-refractivity contribution < 1.29 is 14.0 Å². The van der Waals surface area contributed by atoms with Crippen LogP contribution in [0.3, 0.4) is 0 Å². The van der Waals surface area contributed by atoms with E-state index in [1.165, 1.54) is 37.5 Å². The van der Waals surface area contributed by atoms with Crippen molar-refractivity contribution in [2.24, 2.45) is 0 Å². The second-order valence-electron chi connectivity index (χ2n) is 5.59. The van der Waals surface area contributed by atoms with Crippen LogP contribution in [-0.2, 0) is 4.79 Å². The van der Waals surface area contributed by atoms with Gasteiger partial charge in [-0.3, -0.25) is 14.4 Å². The van der Waals surface area contributed by atoms with Crippen molar-refractivity contribution in [3.05, 3.63) is 81.2 Å². The molecular formula is C20H14ClNO4. The van der Waals surface area contributed by atoms with Gasteiger partial charge in [0.05, 0.1) is 21.7 Å². The van der Waals surface area contributed by atoms with Gasteiger partial charge in [0, 0.05) is 11.6 Å². The van der Waals surface area contributed by atoms with E-state index in [2.05, 4.69) is 5.32 Å². The highest BCUT2D eigenvalue weighted by Gasteiger charge is 2.08. The number of amides is 1. The zero-order valence-corrected chi connectivity index (χ0v) is 14.5. The smallest absolute Gasteiger partial charge is 0.248 e. The van der Waals surface area contributed by atoms with E-state index in [0.717, 1.165) is 0 Å². The summed E-state index contributed by atoms with van der Waals surface area (Å²) in [5.74, 6) is -0.623. The number of benzene rings is 2. The van der Waals surface area contributed by atoms with Gasteiger partial charge in [-0.1, -0.05) is 23.7 Å². The van der Waals surface area contributed by atoms with Crippen LogP contribution in [0.2, 0.25) is 5.02 Å². The molecule has 0 bridgehead atoms. The Labute approximate surface area is 153 Å². The fourth-order valence-electron chi connectivity index (χ4n) is 2.39. The van der Waals surface area contributed by atoms with Crippen molar-refractivity contribution in [2.45, 2.75) is 6.92 Å². The minimum absolute atomic E-state index is 0.138. The molecule has 1 amide bonds. The molecule has 2 aromatic carbocycles. The van der Waals surface area contributed by atoms with Crippen molar-refractivity contribution in [1.82, 2.24) is 0 Å². The van der Waals surface area contributed by atoms with E-state index in [4.69, 9.17) is 16.0 Å². The summed E-state index contributed by atoms with van der Waals surface area (Å²) in [7, 11) is 0. The highest BCUT2D eigenvalue weighted by atomic mass is 35.5. The number of halogens is 1. The second-order valence-corrected chi connectivity index (χ2v) is 6.00. The van der Waals surface area contributed by atoms with Gasteiger partial charge in [-0.2, -0.15) is 0 Å². The van der Waals surface area contributed by atoms with Crippen LogP contribution in [0.15, 0.2) is 64.0 Å². The molecular weight excluding hydrogens is 354 g/mol. The summed E-state index contributed by atoms with van der Waals surface area (Å²) in [4.78, 5) is 35.9. The molecule has 5 nitrogen and oxygen atoms in total. The number of carbonyl (C=O) groups excluding carboxylic acids is 2. The summed E-state index contributed by atoms with van der Waals surface area (Å²) in [5.41, 5.74) is 1.25. The molecule has 0 fully saturated rings. The summed E-state index contributed by atoms with van der Waals surface area (Å²) in [6, 6.07) is 11.5. The molecule has 130 valence electrons. The summed E-state index contributed by atoms with van der Waals surface area (Å²) in [6.07, 6.45) is 3.88. The van der Waals surface area contributed by atoms with Crippen molar-refractivity contribution in [1.29, 1.82) is 0 Å². The lowest BCUT2D eigenvalue weighted by molar-refractivity contribution is -0.111. The van der Waals surface area contributed by atoms with Crippen molar-refractivity contribution in [3.63, 3.8) is 0 Å². The SMILES string of the molecule is CC(=O)c1ccc(Cl)c(NC(=O)/C=C/c2coc3ccccc3c2=O)c1. The van der Waals surface area contributed by atoms with Crippen LogP contribution in [-0.4, -0.2) is 11.7 Å². The Morgan fingerprint density at radius 1 is 1.15 bits per heavy atom. The maximum Gasteiger partial charge on any atom is 0.248 e. The van der Waals surface area contributed by atoms with E-state index >= 15 is 0 Å². The Kier molecular flexibility index (Phi) is 5.00. The summed E-state index contributed by atoms with van der Waals surface area (Å²) < 4.78 is 5.39. The fraction of sp³-hybridized carbons (Fsp3) is 0.0500. The number of nitrogens with one attached hydrogen (secondary N) is 1. The molecule has 0 spiro atoms. The molecule has 0 radical (unpaired) electrons. The average molecular weight is 368 g/mol. The third-order valence-electron chi connectivity index (χ3n) is 3.75. The average Bonchev–Trinajstić information content (AvgIpc) is 2.63. The Hall–Kier alpha value is -3.18. The summed E-state index contributed by atoms with van der Waals surface area (Å²) in [6.45, 7) is 1.42. The molecule has 0 saturated heterocycles. The number of para-hydroxylation sites is 1. The van der Waals surface area contributed by atoms with Crippen LogP contribution in [0.5, 0.6) is 0 Å². The van der Waals surface area contributed by atoms with Crippen molar-refractivity contribution in [3.8, 4) is 0 Å². The second kappa shape index (κ2) is 7.37. The van der Waals surface area contributed by atoms with E-state index in [-0.39, 0.29) is 16.8 Å². The van der Waals surface area contributed by atoms with Gasteiger partial charge in [-0.25, -0.2) is 0 Å². The minimum atomic E-state index is -0.486. The maximum atomic E-state index is 12.4. The number of Topliss-reactive ketones (excluding diaryl/α,β-unsaturated/α-hetero) is 1. The molecule has 1 aromatic heterocycles. The quantitative estimate of drug-likeness (QED) is 0.551. The molecule has 0 atom stereocenters. The first-order chi connectivity index (χ1) is 12.5. The van der Waals surface area contributed by atoms with Gasteiger partial charge in [0.1, 0.15) is 11.8 Å². The lowest BCUT2D eigenvalue weighted by Crippen LogP contribution is -2.10. The standard InChI is InChI=1S/C20H14ClNO4/c1-12(23)13-6-8-16(21)17(10-13)22-19(24)9-7-14-11-26-18-5-3-2-4-15(18)20(14)25/h2-11H,1H3,(H,22,24)/b9-7+. The van der Waals surface area contributed by atoms with Crippen LogP contribution in [0, 0.1) is 0 Å². The first-order valence-corrected chi connectivity index (χ1v) is 8.13. The summed E-state index contributed by atoms with van der Waals surface area (Å²) in [5, 5.41) is 3.33. The first-order valence-electron chi connectivity index (χ1n) is 7.76. The molecule has 0 unspecified atom stereocenters. The Morgan fingerprint density at radius 3 is 2.69 bits per heavy atom. The molecule has 6 heteroatoms. The number of fused-ring (bicyclic) bond motifs is 1. The molecule has 26 heavy (non-hydrogen) atoms. The maximum absolute atomic E-state index is 12.4. The van der Waals surface area contributed by atoms with E-state index in [1.807, 2.05) is 0 Å². The highest BCUT2D eigenvalue weighted by Crippen LogP contribution is 2.23. The van der Waals surface area contributed by atoms with Crippen LogP contribution in [0.1, 0.15) is 22.8 Å². The molecule has 0 saturated carbocycles. The lowest BCUT2D eigenvalue weighted by atomic mass is 10.1. The Morgan fingerprint density at radius 2 is 1.92 bits per heavy atom. The topological polar surface area (TPSA) is 76.4 Å². The van der Waals surface area contributed by atoms with Gasteiger partial charge >= 0.3 is 0 Å². The van der Waals surface area contributed by atoms with E-state index in [0.29, 0.717) is 27.2 Å². The number of ketones is 1. The molecule has 1 N–H and O–H groups in total. The number of hydrogen-bond donors (Lipinski definition) is 1. The number of carbonyl (C=O) groups is 2. The molecule has 0 aliphatic rings. The molecule has 0 aliphatic carbocycles. The fourth-order valence-corrected chi connectivity index (χ4v) is 2.55. The van der Waals surface area contributed by atoms with Gasteiger partial charge in [-0.15, -0.1) is 0 Å². The zero-order chi connectivity index (χ0) is 18.7. The predicted octanol–water partition coefficient (Wildman–Crippen LogP) is 4.30. The third kappa shape index (κ3) is 3.73. The zero-order valence-electron chi connectivity index (χ0n) is 13.8. The number of anilines is 1. The van der Waals surface area contributed by atoms with Gasteiger partial charge in [0.25, 0.3) is 0 Å². The number of hydrogen-bond acceptors (Lipinski definition) is 4. The lowest BCUT2D eigenvalue weighted by Gasteiger charge is -2.06. The van der Waals surface area contributed by atoms with Gasteiger partial charge in [0.15, 0.2) is 11.2 Å². The minimum Gasteiger partial charge on any atom is -0.463 e. The van der Waals surface area contributed by atoms with Crippen LogP contribution < -0.4 is 10.7 Å². The van der Waals surface area contributed by atoms with Crippen molar-refractivity contribution >= 4 is 46.0 Å². The molecule has 1 heterocycles. The largest absolute Gasteiger partial charge is 0.463 e. The van der Waals surface area contributed by atoms with E-state index in [1.54, 1.807) is 30.3 Å². The van der Waals surface area contributed by atoms with Crippen LogP contribution >= 0.6 is 11.6 Å². The van der Waals surface area contributed by atoms with Crippen LogP contribution in [0.4, 0.5) is 5.69 Å². The molecule has 3 aromatic rings. The predicted molar refractivity (Wildman–Crippen MR) is 102 cm³/mol. The normalized spacial score (nSPS) is 11.0. The van der Waals surface area contributed by atoms with E-state index < -0.39 is 5.91 Å². The monoisotopic (exact) mass is 367 g/mol. The Bertz CT molecular complexity index is 1100. The van der Waals surface area contributed by atoms with Crippen LogP contribution in [0.25, 0.3) is 17.0 Å². The van der Waals surface area contributed by atoms with Gasteiger partial charge < -0.3 is 9.73 Å². The Balaban J connectivity index is 1.83. The van der Waals surface area contributed by atoms with E-state index in [9.17, 15) is 14.4 Å². The highest BCUT2D eigenvalue weighted by molar-refractivity contribution is 6.34. The van der Waals surface area contributed by atoms with Gasteiger partial charge in [0.2, 0.25) is 5.91 Å². The first kappa shape index (κ1) is 17.6. The van der Waals surface area contributed by atoms with Crippen molar-refractivity contribution in [2.75, 3.05) is 5.32 Å². The summed E-state index contributed by atoms with van der Waals surface area (Å²) >= 11 is 6.04.